The number of nitrogens with one attached hydrogen (secondary N) is 1. The Bertz CT molecular complexity index is 2870. The molecule has 0 bridgehead atoms. The average molecular weight is 986 g/mol. The number of aliphatic imine (C=N–C) groups is 1. The monoisotopic (exact) mass is 984 g/mol. The zero-order valence-corrected chi connectivity index (χ0v) is 41.7. The molecule has 4 aliphatic rings. The molecule has 70 heavy (non-hydrogen) atoms. The lowest BCUT2D eigenvalue weighted by molar-refractivity contribution is -0.133. The minimum absolute atomic E-state index is 0.0732. The van der Waals surface area contributed by atoms with E-state index < -0.39 is 6.04 Å². The maximum Gasteiger partial charge on any atom is 0.289 e. The Morgan fingerprint density at radius 2 is 1.51 bits per heavy atom. The molecule has 2 amide bonds. The third kappa shape index (κ3) is 10.1. The molecule has 3 N–H and O–H groups in total. The smallest absolute Gasteiger partial charge is 0.289 e. The number of carbonyl (C=O) groups is 2. The van der Waals surface area contributed by atoms with E-state index >= 15 is 0 Å². The topological polar surface area (TPSA) is 173 Å². The van der Waals surface area contributed by atoms with Gasteiger partial charge in [0.15, 0.2) is 11.6 Å². The molecule has 0 aliphatic carbocycles. The molecule has 7 heterocycles. The minimum atomic E-state index is -0.482. The summed E-state index contributed by atoms with van der Waals surface area (Å²) in [5.74, 6) is 1.95. The molecular formula is C52H61ClN12O4S. The molecule has 10 rings (SSSR count). The molecule has 3 aromatic heterocycles. The first-order valence-electron chi connectivity index (χ1n) is 24.6. The summed E-state index contributed by atoms with van der Waals surface area (Å²) < 4.78 is 3.78. The summed E-state index contributed by atoms with van der Waals surface area (Å²) in [6, 6.07) is 19.7. The normalized spacial score (nSPS) is 18.3. The second-order valence-corrected chi connectivity index (χ2v) is 20.9. The highest BCUT2D eigenvalue weighted by Gasteiger charge is 2.35. The van der Waals surface area contributed by atoms with Crippen LogP contribution in [0.4, 0.5) is 0 Å². The van der Waals surface area contributed by atoms with Crippen molar-refractivity contribution in [2.75, 3.05) is 72.0 Å². The molecule has 16 nitrogen and oxygen atoms in total. The molecule has 0 spiro atoms. The third-order valence-corrected chi connectivity index (χ3v) is 16.0. The van der Waals surface area contributed by atoms with Crippen molar-refractivity contribution in [3.05, 3.63) is 116 Å². The van der Waals surface area contributed by atoms with Gasteiger partial charge in [-0.15, -0.1) is 31.7 Å². The zero-order chi connectivity index (χ0) is 48.5. The van der Waals surface area contributed by atoms with E-state index in [9.17, 15) is 19.8 Å². The van der Waals surface area contributed by atoms with Crippen molar-refractivity contribution < 1.29 is 19.8 Å². The molecule has 3 aromatic carbocycles. The van der Waals surface area contributed by atoms with Crippen LogP contribution in [-0.4, -0.2) is 149 Å². The molecule has 6 aromatic rings. The number of fused-ring (bicyclic) bond motifs is 3. The summed E-state index contributed by atoms with van der Waals surface area (Å²) in [6.07, 6.45) is 5.77. The van der Waals surface area contributed by atoms with Crippen molar-refractivity contribution in [3.8, 4) is 33.6 Å². The molecule has 1 atom stereocenters. The number of hydrogen-bond donors (Lipinski definition) is 3. The van der Waals surface area contributed by atoms with E-state index in [0.717, 1.165) is 118 Å². The second kappa shape index (κ2) is 20.8. The van der Waals surface area contributed by atoms with Gasteiger partial charge in [-0.05, 0) is 113 Å². The van der Waals surface area contributed by atoms with Gasteiger partial charge in [-0.2, -0.15) is 0 Å². The fourth-order valence-corrected chi connectivity index (χ4v) is 11.8. The summed E-state index contributed by atoms with van der Waals surface area (Å²) >= 11 is 8.02. The van der Waals surface area contributed by atoms with Crippen LogP contribution in [0.2, 0.25) is 5.02 Å². The van der Waals surface area contributed by atoms with Crippen LogP contribution in [0.25, 0.3) is 22.1 Å². The molecule has 3 saturated heterocycles. The van der Waals surface area contributed by atoms with Gasteiger partial charge < -0.3 is 30.2 Å². The van der Waals surface area contributed by atoms with Gasteiger partial charge in [0.05, 0.1) is 17.7 Å². The lowest BCUT2D eigenvalue weighted by atomic mass is 9.95. The summed E-state index contributed by atoms with van der Waals surface area (Å²) in [5.41, 5.74) is 6.24. The Hall–Kier alpha value is -5.98. The number of hydrogen-bond acceptors (Lipinski definition) is 13. The van der Waals surface area contributed by atoms with Crippen LogP contribution in [-0.2, 0) is 11.3 Å². The number of halogens is 1. The number of carbonyl (C=O) groups excluding carboxylic acids is 2. The van der Waals surface area contributed by atoms with Crippen LogP contribution in [0.15, 0.2) is 71.7 Å². The van der Waals surface area contributed by atoms with Gasteiger partial charge in [-0.3, -0.25) is 28.6 Å². The Balaban J connectivity index is 0.735. The second-order valence-electron chi connectivity index (χ2n) is 19.2. The fourth-order valence-electron chi connectivity index (χ4n) is 10.4. The number of piperazine rings is 1. The van der Waals surface area contributed by atoms with Crippen molar-refractivity contribution in [2.45, 2.75) is 71.9 Å². The maximum atomic E-state index is 14.1. The van der Waals surface area contributed by atoms with E-state index in [1.54, 1.807) is 22.0 Å². The zero-order valence-electron chi connectivity index (χ0n) is 40.1. The van der Waals surface area contributed by atoms with Gasteiger partial charge in [0.25, 0.3) is 5.91 Å². The molecule has 0 unspecified atom stereocenters. The molecule has 3 fully saturated rings. The molecule has 0 saturated carbocycles. The van der Waals surface area contributed by atoms with Crippen LogP contribution in [0.1, 0.15) is 94.0 Å². The van der Waals surface area contributed by atoms with Gasteiger partial charge in [-0.25, -0.2) is 0 Å². The van der Waals surface area contributed by atoms with E-state index in [1.807, 2.05) is 48.2 Å². The third-order valence-electron chi connectivity index (χ3n) is 14.5. The predicted molar refractivity (Wildman–Crippen MR) is 272 cm³/mol. The van der Waals surface area contributed by atoms with Crippen molar-refractivity contribution in [3.63, 3.8) is 0 Å². The van der Waals surface area contributed by atoms with Crippen molar-refractivity contribution in [1.29, 1.82) is 0 Å². The van der Waals surface area contributed by atoms with Crippen LogP contribution in [0.3, 0.4) is 0 Å². The lowest BCUT2D eigenvalue weighted by Crippen LogP contribution is -2.48. The number of aryl methyl sites for hydroxylation is 2. The lowest BCUT2D eigenvalue weighted by Gasteiger charge is -2.39. The maximum absolute atomic E-state index is 14.1. The number of phenolic OH excluding ortho intramolecular Hbond substituents is 2. The van der Waals surface area contributed by atoms with Crippen molar-refractivity contribution >= 4 is 40.5 Å². The molecule has 4 aliphatic heterocycles. The fraction of sp³-hybridized carbons (Fsp3) is 0.442. The van der Waals surface area contributed by atoms with Crippen LogP contribution >= 0.6 is 22.9 Å². The summed E-state index contributed by atoms with van der Waals surface area (Å²) in [7, 11) is 0. The number of likely N-dealkylation sites (tertiary alicyclic amines) is 2. The predicted octanol–water partition coefficient (Wildman–Crippen LogP) is 7.12. The van der Waals surface area contributed by atoms with Crippen molar-refractivity contribution in [1.82, 2.24) is 54.4 Å². The first-order valence-corrected chi connectivity index (χ1v) is 25.8. The number of phenols is 2. The number of nitrogens with zero attached hydrogens (tertiary/aromatic N) is 11. The Morgan fingerprint density at radius 3 is 2.24 bits per heavy atom. The first-order chi connectivity index (χ1) is 34.0. The standard InChI is InChI=1S/C52H61ClN12O4S/c1-33-34(2)70-52-46(33)47(38-9-11-39(53)12-10-38)55-43(49-58-56-35(3)64(49)52)30-45(68)63-22-17-37(18-23-63)32-62-27-25-61(26-28-62)31-36-7-13-40(14-8-36)65-48(42-16-15-41(66)29-44(42)67)57-59-50(65)51(69)54-19-24-60-20-5-4-6-21-60/h7-16,29,37,43,66-67H,4-6,17-28,30-32H2,1-3H3,(H,54,69)/t43-/m0/s1. The highest BCUT2D eigenvalue weighted by Crippen LogP contribution is 2.40. The van der Waals surface area contributed by atoms with E-state index in [4.69, 9.17) is 16.6 Å². The Kier molecular flexibility index (Phi) is 14.2. The van der Waals surface area contributed by atoms with Gasteiger partial charge in [0.2, 0.25) is 11.7 Å². The number of benzene rings is 3. The SMILES string of the molecule is Cc1sc2c(c1C)C(c1ccc(Cl)cc1)=N[C@@H](CC(=O)N1CCC(CN3CCN(Cc4ccc(-n5c(C(=O)NCCN6CCCCC6)nnc5-c5ccc(O)cc5O)cc4)CC3)CC1)c1nnc(C)n1-2. The minimum Gasteiger partial charge on any atom is -0.508 e. The van der Waals surface area contributed by atoms with Crippen LogP contribution in [0, 0.1) is 26.7 Å². The Labute approximate surface area is 417 Å². The summed E-state index contributed by atoms with van der Waals surface area (Å²) in [6.45, 7) is 16.7. The quantitative estimate of drug-likeness (QED) is 0.108. The number of piperidine rings is 2. The summed E-state index contributed by atoms with van der Waals surface area (Å²) in [4.78, 5) is 43.7. The number of amides is 2. The number of aromatic nitrogens is 6. The molecular weight excluding hydrogens is 924 g/mol. The van der Waals surface area contributed by atoms with E-state index in [1.165, 1.54) is 41.8 Å². The number of thiophene rings is 1. The van der Waals surface area contributed by atoms with Gasteiger partial charge >= 0.3 is 0 Å². The van der Waals surface area contributed by atoms with Gasteiger partial charge in [0, 0.05) is 98.2 Å². The molecule has 0 radical (unpaired) electrons. The first kappa shape index (κ1) is 47.7. The number of rotatable bonds is 13. The molecule has 18 heteroatoms. The van der Waals surface area contributed by atoms with E-state index in [-0.39, 0.29) is 35.6 Å². The van der Waals surface area contributed by atoms with Crippen molar-refractivity contribution in [2.24, 2.45) is 10.9 Å². The highest BCUT2D eigenvalue weighted by molar-refractivity contribution is 7.15. The van der Waals surface area contributed by atoms with E-state index in [0.29, 0.717) is 40.4 Å². The molecule has 366 valence electrons. The van der Waals surface area contributed by atoms with Crippen LogP contribution in [0.5, 0.6) is 11.5 Å². The van der Waals surface area contributed by atoms with E-state index in [2.05, 4.69) is 71.0 Å². The van der Waals surface area contributed by atoms with Gasteiger partial charge in [-0.1, -0.05) is 42.3 Å². The highest BCUT2D eigenvalue weighted by atomic mass is 35.5. The Morgan fingerprint density at radius 1 is 0.786 bits per heavy atom. The van der Waals surface area contributed by atoms with Crippen LogP contribution < -0.4 is 5.32 Å². The number of aromatic hydroxyl groups is 2. The largest absolute Gasteiger partial charge is 0.508 e. The van der Waals surface area contributed by atoms with Gasteiger partial charge in [0.1, 0.15) is 28.4 Å². The average Bonchev–Trinajstić information content (AvgIpc) is 4.03. The summed E-state index contributed by atoms with van der Waals surface area (Å²) in [5, 5.41) is 43.3.